The van der Waals surface area contributed by atoms with Gasteiger partial charge in [-0.1, -0.05) is 26.0 Å². The van der Waals surface area contributed by atoms with E-state index in [4.69, 9.17) is 0 Å². The van der Waals surface area contributed by atoms with Crippen molar-refractivity contribution >= 4 is 28.8 Å². The fourth-order valence-corrected chi connectivity index (χ4v) is 6.30. The van der Waals surface area contributed by atoms with Gasteiger partial charge >= 0.3 is 5.69 Å². The maximum atomic E-state index is 13.6. The van der Waals surface area contributed by atoms with E-state index in [1.165, 1.54) is 0 Å². The quantitative estimate of drug-likeness (QED) is 0.466. The molecule has 1 aliphatic heterocycles. The highest BCUT2D eigenvalue weighted by Crippen LogP contribution is 2.28. The molecule has 3 heterocycles. The Kier molecular flexibility index (Phi) is 9.13. The second-order valence-corrected chi connectivity index (χ2v) is 12.0. The van der Waals surface area contributed by atoms with Gasteiger partial charge < -0.3 is 20.1 Å². The number of para-hydroxylation sites is 2. The van der Waals surface area contributed by atoms with E-state index >= 15 is 0 Å². The zero-order chi connectivity index (χ0) is 29.8. The minimum atomic E-state index is -0.236. The summed E-state index contributed by atoms with van der Waals surface area (Å²) in [6, 6.07) is 7.46. The molecule has 0 saturated carbocycles. The van der Waals surface area contributed by atoms with Crippen LogP contribution in [0.5, 0.6) is 0 Å². The van der Waals surface area contributed by atoms with Gasteiger partial charge in [-0.25, -0.2) is 4.79 Å². The Labute approximate surface area is 246 Å². The second kappa shape index (κ2) is 13.0. The van der Waals surface area contributed by atoms with Gasteiger partial charge in [-0.2, -0.15) is 5.10 Å². The minimum absolute atomic E-state index is 0.0249. The van der Waals surface area contributed by atoms with Crippen LogP contribution < -0.4 is 11.0 Å². The third-order valence-corrected chi connectivity index (χ3v) is 8.65. The van der Waals surface area contributed by atoms with Gasteiger partial charge in [0, 0.05) is 69.9 Å². The SMILES string of the molecule is CC(C)CCN1C(=O)CCCN(C(=O)CCn2c(=O)[nH]c3ccccc32)CCCNC(=O)c2nn(C)c3c2CC1CC3. The van der Waals surface area contributed by atoms with Crippen LogP contribution in [0.15, 0.2) is 29.1 Å². The number of aryl methyl sites for hydroxylation is 2. The summed E-state index contributed by atoms with van der Waals surface area (Å²) in [5.74, 6) is 0.288. The van der Waals surface area contributed by atoms with Gasteiger partial charge in [0.15, 0.2) is 5.69 Å². The predicted molar refractivity (Wildman–Crippen MR) is 160 cm³/mol. The van der Waals surface area contributed by atoms with E-state index in [0.717, 1.165) is 41.6 Å². The molecule has 226 valence electrons. The summed E-state index contributed by atoms with van der Waals surface area (Å²) in [6.07, 6.45) is 4.85. The lowest BCUT2D eigenvalue weighted by Gasteiger charge is -2.35. The number of aromatic nitrogens is 4. The van der Waals surface area contributed by atoms with E-state index in [1.807, 2.05) is 40.9 Å². The van der Waals surface area contributed by atoms with Gasteiger partial charge in [-0.3, -0.25) is 23.6 Å². The molecule has 2 aliphatic rings. The summed E-state index contributed by atoms with van der Waals surface area (Å²) < 4.78 is 3.40. The lowest BCUT2D eigenvalue weighted by atomic mass is 9.89. The molecule has 1 aromatic carbocycles. The van der Waals surface area contributed by atoms with Gasteiger partial charge in [-0.15, -0.1) is 0 Å². The Balaban J connectivity index is 1.32. The van der Waals surface area contributed by atoms with E-state index in [1.54, 1.807) is 9.47 Å². The Bertz CT molecular complexity index is 1500. The molecule has 11 heteroatoms. The Morgan fingerprint density at radius 2 is 1.86 bits per heavy atom. The number of carbonyl (C=O) groups excluding carboxylic acids is 3. The highest BCUT2D eigenvalue weighted by atomic mass is 16.2. The first-order valence-corrected chi connectivity index (χ1v) is 15.3. The topological polar surface area (TPSA) is 125 Å². The Morgan fingerprint density at radius 3 is 2.67 bits per heavy atom. The smallest absolute Gasteiger partial charge is 0.326 e. The maximum Gasteiger partial charge on any atom is 0.326 e. The molecule has 1 unspecified atom stereocenters. The molecule has 1 atom stereocenters. The average Bonchev–Trinajstić information content (AvgIpc) is 3.47. The lowest BCUT2D eigenvalue weighted by Crippen LogP contribution is -2.45. The van der Waals surface area contributed by atoms with Crippen LogP contribution in [0.25, 0.3) is 11.0 Å². The molecule has 2 bridgehead atoms. The van der Waals surface area contributed by atoms with Crippen LogP contribution in [-0.4, -0.2) is 79.1 Å². The molecular formula is C31H43N7O4. The molecule has 3 aromatic rings. The minimum Gasteiger partial charge on any atom is -0.351 e. The fraction of sp³-hybridized carbons (Fsp3) is 0.581. The molecule has 1 aliphatic carbocycles. The van der Waals surface area contributed by atoms with Gasteiger partial charge in [0.1, 0.15) is 0 Å². The number of fused-ring (bicyclic) bond motifs is 2. The molecule has 0 spiro atoms. The summed E-state index contributed by atoms with van der Waals surface area (Å²) in [5.41, 5.74) is 3.74. The molecule has 3 amide bonds. The number of benzene rings is 1. The van der Waals surface area contributed by atoms with Crippen LogP contribution in [-0.2, 0) is 36.0 Å². The lowest BCUT2D eigenvalue weighted by molar-refractivity contribution is -0.135. The number of aromatic amines is 1. The highest BCUT2D eigenvalue weighted by molar-refractivity contribution is 5.94. The van der Waals surface area contributed by atoms with Crippen molar-refractivity contribution in [2.24, 2.45) is 13.0 Å². The zero-order valence-corrected chi connectivity index (χ0v) is 25.0. The molecule has 2 N–H and O–H groups in total. The molecule has 2 aromatic heterocycles. The standard InChI is InChI=1S/C31H43N7O4/c1-21(2)13-18-37-22-11-12-25-23(20-22)29(34-35(25)3)30(41)32-15-7-17-36(16-6-10-28(37)40)27(39)14-19-38-26-9-5-4-8-24(26)33-31(38)42/h4-5,8-9,21-22H,6-7,10-20H2,1-3H3,(H,32,41)(H,33,42). The molecule has 0 radical (unpaired) electrons. The third-order valence-electron chi connectivity index (χ3n) is 8.65. The summed E-state index contributed by atoms with van der Waals surface area (Å²) >= 11 is 0. The van der Waals surface area contributed by atoms with Crippen molar-refractivity contribution in [1.29, 1.82) is 0 Å². The molecule has 11 nitrogen and oxygen atoms in total. The third kappa shape index (κ3) is 6.44. The second-order valence-electron chi connectivity index (χ2n) is 12.0. The molecule has 0 fully saturated rings. The van der Waals surface area contributed by atoms with Crippen molar-refractivity contribution in [3.8, 4) is 0 Å². The van der Waals surface area contributed by atoms with E-state index in [-0.39, 0.29) is 42.4 Å². The number of nitrogens with zero attached hydrogens (tertiary/aromatic N) is 5. The van der Waals surface area contributed by atoms with Crippen LogP contribution in [0.3, 0.4) is 0 Å². The van der Waals surface area contributed by atoms with E-state index < -0.39 is 0 Å². The summed E-state index contributed by atoms with van der Waals surface area (Å²) in [6.45, 7) is 6.60. The van der Waals surface area contributed by atoms with Gasteiger partial charge in [0.25, 0.3) is 5.91 Å². The van der Waals surface area contributed by atoms with Gasteiger partial charge in [-0.05, 0) is 56.6 Å². The van der Waals surface area contributed by atoms with E-state index in [9.17, 15) is 19.2 Å². The van der Waals surface area contributed by atoms with Gasteiger partial charge in [0.2, 0.25) is 11.8 Å². The summed E-state index contributed by atoms with van der Waals surface area (Å²) in [4.78, 5) is 59.4. The van der Waals surface area contributed by atoms with Crippen LogP contribution in [0.4, 0.5) is 0 Å². The predicted octanol–water partition coefficient (Wildman–Crippen LogP) is 2.63. The van der Waals surface area contributed by atoms with Gasteiger partial charge in [0.05, 0.1) is 11.0 Å². The summed E-state index contributed by atoms with van der Waals surface area (Å²) in [5, 5.41) is 7.57. The first kappa shape index (κ1) is 29.6. The van der Waals surface area contributed by atoms with E-state index in [2.05, 4.69) is 29.2 Å². The highest BCUT2D eigenvalue weighted by Gasteiger charge is 2.33. The van der Waals surface area contributed by atoms with Crippen molar-refractivity contribution in [3.63, 3.8) is 0 Å². The largest absolute Gasteiger partial charge is 0.351 e. The van der Waals surface area contributed by atoms with Crippen LogP contribution in [0.1, 0.15) is 74.1 Å². The number of carbonyl (C=O) groups is 3. The first-order chi connectivity index (χ1) is 20.2. The van der Waals surface area contributed by atoms with Crippen molar-refractivity contribution in [3.05, 3.63) is 51.7 Å². The number of hydrogen-bond donors (Lipinski definition) is 2. The number of imidazole rings is 1. The normalized spacial score (nSPS) is 18.7. The van der Waals surface area contributed by atoms with Crippen molar-refractivity contribution < 1.29 is 14.4 Å². The molecule has 0 saturated heterocycles. The molecule has 42 heavy (non-hydrogen) atoms. The molecule has 5 rings (SSSR count). The number of hydrogen-bond acceptors (Lipinski definition) is 5. The number of nitrogens with one attached hydrogen (secondary N) is 2. The molecular weight excluding hydrogens is 534 g/mol. The van der Waals surface area contributed by atoms with E-state index in [0.29, 0.717) is 63.5 Å². The number of rotatable bonds is 6. The average molecular weight is 578 g/mol. The fourth-order valence-electron chi connectivity index (χ4n) is 6.30. The van der Waals surface area contributed by atoms with Crippen LogP contribution in [0, 0.1) is 5.92 Å². The Morgan fingerprint density at radius 1 is 1.07 bits per heavy atom. The number of H-pyrrole nitrogens is 1. The first-order valence-electron chi connectivity index (χ1n) is 15.3. The maximum absolute atomic E-state index is 13.6. The van der Waals surface area contributed by atoms with Crippen molar-refractivity contribution in [1.82, 2.24) is 34.4 Å². The number of amides is 3. The monoisotopic (exact) mass is 577 g/mol. The van der Waals surface area contributed by atoms with Crippen molar-refractivity contribution in [2.75, 3.05) is 26.2 Å². The van der Waals surface area contributed by atoms with Crippen LogP contribution in [0.2, 0.25) is 0 Å². The van der Waals surface area contributed by atoms with Crippen molar-refractivity contribution in [2.45, 2.75) is 77.8 Å². The van der Waals surface area contributed by atoms with Crippen LogP contribution >= 0.6 is 0 Å². The Hall–Kier alpha value is -3.89. The summed E-state index contributed by atoms with van der Waals surface area (Å²) in [7, 11) is 1.88. The zero-order valence-electron chi connectivity index (χ0n) is 25.0.